The molecule has 0 fully saturated rings. The van der Waals surface area contributed by atoms with Crippen molar-refractivity contribution >= 4 is 18.0 Å². The molecule has 0 aliphatic rings. The Labute approximate surface area is 113 Å². The summed E-state index contributed by atoms with van der Waals surface area (Å²) in [6, 6.07) is 0. The van der Waals surface area contributed by atoms with Gasteiger partial charge in [0.05, 0.1) is 0 Å². The van der Waals surface area contributed by atoms with Gasteiger partial charge in [0, 0.05) is 27.1 Å². The van der Waals surface area contributed by atoms with Gasteiger partial charge in [0.25, 0.3) is 0 Å². The number of likely N-dealkylation sites (N-methyl/N-ethyl adjacent to an activating group) is 1. The van der Waals surface area contributed by atoms with Gasteiger partial charge >= 0.3 is 12.1 Å². The first-order chi connectivity index (χ1) is 8.53. The third-order valence-electron chi connectivity index (χ3n) is 2.16. The molecule has 0 aliphatic carbocycles. The Bertz CT molecular complexity index is 349. The van der Waals surface area contributed by atoms with Crippen LogP contribution in [0.25, 0.3) is 0 Å². The standard InChI is InChI=1S/C12H22N2O5/c1-12(2,3)19-11(18)13(4)7-6-9(15)14(5)8-10(16)17/h6-8H2,1-5H3,(H,16,17). The van der Waals surface area contributed by atoms with Gasteiger partial charge in [-0.25, -0.2) is 4.79 Å². The molecule has 0 aromatic rings. The second-order valence-corrected chi connectivity index (χ2v) is 5.30. The van der Waals surface area contributed by atoms with Crippen LogP contribution in [0.5, 0.6) is 0 Å². The van der Waals surface area contributed by atoms with Crippen LogP contribution in [0.2, 0.25) is 0 Å². The fourth-order valence-electron chi connectivity index (χ4n) is 1.18. The Morgan fingerprint density at radius 3 is 2.05 bits per heavy atom. The predicted molar refractivity (Wildman–Crippen MR) is 68.8 cm³/mol. The van der Waals surface area contributed by atoms with Crippen molar-refractivity contribution in [2.24, 2.45) is 0 Å². The summed E-state index contributed by atoms with van der Waals surface area (Å²) in [6.07, 6.45) is -0.458. The highest BCUT2D eigenvalue weighted by atomic mass is 16.6. The van der Waals surface area contributed by atoms with Crippen LogP contribution in [-0.2, 0) is 14.3 Å². The molecular formula is C12H22N2O5. The average Bonchev–Trinajstić information content (AvgIpc) is 2.21. The summed E-state index contributed by atoms with van der Waals surface area (Å²) < 4.78 is 5.12. The maximum absolute atomic E-state index is 11.6. The summed E-state index contributed by atoms with van der Waals surface area (Å²) in [5, 5.41) is 8.55. The van der Waals surface area contributed by atoms with Gasteiger partial charge in [-0.1, -0.05) is 0 Å². The molecule has 0 atom stereocenters. The van der Waals surface area contributed by atoms with Crippen LogP contribution in [0.3, 0.4) is 0 Å². The van der Waals surface area contributed by atoms with Crippen molar-refractivity contribution in [1.29, 1.82) is 0 Å². The molecule has 0 saturated carbocycles. The van der Waals surface area contributed by atoms with Gasteiger partial charge in [-0.3, -0.25) is 9.59 Å². The zero-order valence-corrected chi connectivity index (χ0v) is 12.1. The minimum Gasteiger partial charge on any atom is -0.480 e. The molecule has 0 radical (unpaired) electrons. The monoisotopic (exact) mass is 274 g/mol. The third kappa shape index (κ3) is 8.01. The zero-order valence-electron chi connectivity index (χ0n) is 12.1. The summed E-state index contributed by atoms with van der Waals surface area (Å²) in [7, 11) is 2.93. The minimum atomic E-state index is -1.07. The number of ether oxygens (including phenoxy) is 1. The molecule has 0 unspecified atom stereocenters. The van der Waals surface area contributed by atoms with Gasteiger partial charge in [0.1, 0.15) is 12.1 Å². The van der Waals surface area contributed by atoms with Crippen molar-refractivity contribution in [3.63, 3.8) is 0 Å². The molecule has 110 valence electrons. The van der Waals surface area contributed by atoms with Crippen molar-refractivity contribution in [2.75, 3.05) is 27.2 Å². The van der Waals surface area contributed by atoms with Crippen LogP contribution in [0.4, 0.5) is 4.79 Å². The van der Waals surface area contributed by atoms with Crippen molar-refractivity contribution in [3.8, 4) is 0 Å². The SMILES string of the molecule is CN(CC(=O)O)C(=O)CCN(C)C(=O)OC(C)(C)C. The highest BCUT2D eigenvalue weighted by Gasteiger charge is 2.20. The van der Waals surface area contributed by atoms with Crippen LogP contribution < -0.4 is 0 Å². The number of carbonyl (C=O) groups excluding carboxylic acids is 2. The van der Waals surface area contributed by atoms with E-state index in [1.807, 2.05) is 0 Å². The van der Waals surface area contributed by atoms with E-state index < -0.39 is 17.7 Å². The molecule has 0 heterocycles. The fourth-order valence-corrected chi connectivity index (χ4v) is 1.18. The van der Waals surface area contributed by atoms with Gasteiger partial charge in [0.15, 0.2) is 0 Å². The van der Waals surface area contributed by atoms with Crippen LogP contribution in [0.15, 0.2) is 0 Å². The number of amides is 2. The summed E-state index contributed by atoms with van der Waals surface area (Å²) in [5.41, 5.74) is -0.588. The number of hydrogen-bond donors (Lipinski definition) is 1. The lowest BCUT2D eigenvalue weighted by Gasteiger charge is -2.25. The van der Waals surface area contributed by atoms with E-state index in [1.165, 1.54) is 19.0 Å². The molecule has 0 bridgehead atoms. The molecule has 0 saturated heterocycles. The zero-order chi connectivity index (χ0) is 15.2. The Morgan fingerprint density at radius 2 is 1.63 bits per heavy atom. The molecule has 0 rings (SSSR count). The summed E-state index contributed by atoms with van der Waals surface area (Å²) in [4.78, 5) is 36.0. The number of carbonyl (C=O) groups is 3. The molecule has 0 aliphatic heterocycles. The number of aliphatic carboxylic acids is 1. The van der Waals surface area contributed by atoms with Crippen LogP contribution in [-0.4, -0.2) is 65.7 Å². The maximum Gasteiger partial charge on any atom is 0.410 e. The van der Waals surface area contributed by atoms with Gasteiger partial charge in [-0.2, -0.15) is 0 Å². The fraction of sp³-hybridized carbons (Fsp3) is 0.750. The Hall–Kier alpha value is -1.79. The molecule has 2 amide bonds. The van der Waals surface area contributed by atoms with Crippen molar-refractivity contribution < 1.29 is 24.2 Å². The normalized spacial score (nSPS) is 10.8. The molecular weight excluding hydrogens is 252 g/mol. The van der Waals surface area contributed by atoms with E-state index in [0.29, 0.717) is 0 Å². The van der Waals surface area contributed by atoms with Crippen molar-refractivity contribution in [1.82, 2.24) is 9.80 Å². The highest BCUT2D eigenvalue weighted by Crippen LogP contribution is 2.09. The van der Waals surface area contributed by atoms with Crippen molar-refractivity contribution in [3.05, 3.63) is 0 Å². The van der Waals surface area contributed by atoms with Gasteiger partial charge < -0.3 is 19.6 Å². The number of rotatable bonds is 5. The number of hydrogen-bond acceptors (Lipinski definition) is 4. The Kier molecular flexibility index (Phi) is 6.31. The first kappa shape index (κ1) is 17.2. The lowest BCUT2D eigenvalue weighted by Crippen LogP contribution is -2.38. The number of carboxylic acid groups (broad SMARTS) is 1. The third-order valence-corrected chi connectivity index (χ3v) is 2.16. The summed E-state index contributed by atoms with van der Waals surface area (Å²) >= 11 is 0. The van der Waals surface area contributed by atoms with Crippen LogP contribution in [0.1, 0.15) is 27.2 Å². The Morgan fingerprint density at radius 1 is 1.11 bits per heavy atom. The minimum absolute atomic E-state index is 0.0551. The lowest BCUT2D eigenvalue weighted by atomic mass is 10.2. The van der Waals surface area contributed by atoms with Gasteiger partial charge in [-0.05, 0) is 20.8 Å². The number of nitrogens with zero attached hydrogens (tertiary/aromatic N) is 2. The van der Waals surface area contributed by atoms with E-state index in [-0.39, 0.29) is 25.4 Å². The second kappa shape index (κ2) is 6.96. The predicted octanol–water partition coefficient (Wildman–Crippen LogP) is 0.786. The first-order valence-electron chi connectivity index (χ1n) is 5.93. The van der Waals surface area contributed by atoms with Crippen molar-refractivity contribution in [2.45, 2.75) is 32.8 Å². The van der Waals surface area contributed by atoms with Gasteiger partial charge in [0.2, 0.25) is 5.91 Å². The molecule has 1 N–H and O–H groups in total. The van der Waals surface area contributed by atoms with E-state index in [9.17, 15) is 14.4 Å². The van der Waals surface area contributed by atoms with Crippen LogP contribution >= 0.6 is 0 Å². The van der Waals surface area contributed by atoms with E-state index in [2.05, 4.69) is 0 Å². The molecule has 0 spiro atoms. The Balaban J connectivity index is 4.15. The van der Waals surface area contributed by atoms with Gasteiger partial charge in [-0.15, -0.1) is 0 Å². The van der Waals surface area contributed by atoms with Crippen LogP contribution in [0, 0.1) is 0 Å². The lowest BCUT2D eigenvalue weighted by molar-refractivity contribution is -0.143. The van der Waals surface area contributed by atoms with E-state index in [1.54, 1.807) is 20.8 Å². The van der Waals surface area contributed by atoms with E-state index >= 15 is 0 Å². The molecule has 0 aromatic carbocycles. The van der Waals surface area contributed by atoms with E-state index in [0.717, 1.165) is 4.90 Å². The molecule has 7 heteroatoms. The second-order valence-electron chi connectivity index (χ2n) is 5.30. The molecule has 19 heavy (non-hydrogen) atoms. The first-order valence-corrected chi connectivity index (χ1v) is 5.93. The maximum atomic E-state index is 11.6. The smallest absolute Gasteiger partial charge is 0.410 e. The number of carboxylic acids is 1. The topological polar surface area (TPSA) is 87.2 Å². The summed E-state index contributed by atoms with van der Waals surface area (Å²) in [5.74, 6) is -1.41. The average molecular weight is 274 g/mol. The highest BCUT2D eigenvalue weighted by molar-refractivity contribution is 5.81. The largest absolute Gasteiger partial charge is 0.480 e. The quantitative estimate of drug-likeness (QED) is 0.800. The molecule has 7 nitrogen and oxygen atoms in total. The molecule has 0 aromatic heterocycles. The van der Waals surface area contributed by atoms with E-state index in [4.69, 9.17) is 9.84 Å². The summed E-state index contributed by atoms with van der Waals surface area (Å²) in [6.45, 7) is 5.09.